The molecule has 3 nitrogen and oxygen atoms in total. The molecule has 0 spiro atoms. The second-order valence-electron chi connectivity index (χ2n) is 5.44. The summed E-state index contributed by atoms with van der Waals surface area (Å²) in [6, 6.07) is 16.2. The van der Waals surface area contributed by atoms with Crippen molar-refractivity contribution in [2.75, 3.05) is 0 Å². The first-order valence-electron chi connectivity index (χ1n) is 7.68. The van der Waals surface area contributed by atoms with E-state index >= 15 is 0 Å². The lowest BCUT2D eigenvalue weighted by atomic mass is 10.0. The summed E-state index contributed by atoms with van der Waals surface area (Å²) in [6.07, 6.45) is 9.53. The van der Waals surface area contributed by atoms with Crippen LogP contribution in [0.5, 0.6) is 5.75 Å². The number of aromatic hydroxyl groups is 1. The zero-order chi connectivity index (χ0) is 15.2. The van der Waals surface area contributed by atoms with E-state index in [9.17, 15) is 5.11 Å². The highest BCUT2D eigenvalue weighted by Gasteiger charge is 2.09. The third-order valence-electron chi connectivity index (χ3n) is 3.89. The number of aromatic nitrogens is 2. The Morgan fingerprint density at radius 3 is 2.50 bits per heavy atom. The third kappa shape index (κ3) is 3.37. The van der Waals surface area contributed by atoms with Crippen molar-refractivity contribution in [3.63, 3.8) is 0 Å². The predicted molar refractivity (Wildman–Crippen MR) is 88.3 cm³/mol. The van der Waals surface area contributed by atoms with Crippen molar-refractivity contribution in [1.82, 2.24) is 9.55 Å². The Hall–Kier alpha value is -2.55. The molecular weight excluding hydrogens is 272 g/mol. The van der Waals surface area contributed by atoms with Gasteiger partial charge in [-0.05, 0) is 43.4 Å². The molecule has 22 heavy (non-hydrogen) atoms. The highest BCUT2D eigenvalue weighted by molar-refractivity contribution is 5.49. The van der Waals surface area contributed by atoms with Crippen molar-refractivity contribution in [1.29, 1.82) is 0 Å². The molecule has 112 valence electrons. The minimum Gasteiger partial charge on any atom is -0.508 e. The molecule has 0 aliphatic heterocycles. The first-order valence-corrected chi connectivity index (χ1v) is 7.68. The van der Waals surface area contributed by atoms with Crippen LogP contribution in [0.25, 0.3) is 5.69 Å². The van der Waals surface area contributed by atoms with Crippen LogP contribution in [0.1, 0.15) is 24.0 Å². The second-order valence-corrected chi connectivity index (χ2v) is 5.44. The minimum absolute atomic E-state index is 0.367. The lowest BCUT2D eigenvalue weighted by Crippen LogP contribution is -1.99. The highest BCUT2D eigenvalue weighted by atomic mass is 16.3. The van der Waals surface area contributed by atoms with Crippen LogP contribution >= 0.6 is 0 Å². The van der Waals surface area contributed by atoms with Gasteiger partial charge < -0.3 is 9.67 Å². The summed E-state index contributed by atoms with van der Waals surface area (Å²) in [5.41, 5.74) is 3.38. The van der Waals surface area contributed by atoms with E-state index in [0.29, 0.717) is 5.75 Å². The van der Waals surface area contributed by atoms with Crippen LogP contribution in [0, 0.1) is 0 Å². The summed E-state index contributed by atoms with van der Waals surface area (Å²) < 4.78 is 1.95. The quantitative estimate of drug-likeness (QED) is 0.693. The number of phenolic OH excluding ortho intramolecular Hbond substituents is 1. The Bertz CT molecular complexity index is 706. The maximum absolute atomic E-state index is 10.2. The van der Waals surface area contributed by atoms with E-state index in [0.717, 1.165) is 36.9 Å². The van der Waals surface area contributed by atoms with Gasteiger partial charge in [-0.2, -0.15) is 0 Å². The molecule has 0 atom stereocenters. The van der Waals surface area contributed by atoms with Gasteiger partial charge in [0, 0.05) is 18.0 Å². The Morgan fingerprint density at radius 1 is 0.909 bits per heavy atom. The summed E-state index contributed by atoms with van der Waals surface area (Å²) in [4.78, 5) is 4.09. The van der Waals surface area contributed by atoms with Gasteiger partial charge in [0.2, 0.25) is 0 Å². The van der Waals surface area contributed by atoms with Crippen LogP contribution in [-0.2, 0) is 12.8 Å². The summed E-state index contributed by atoms with van der Waals surface area (Å²) in [7, 11) is 0. The summed E-state index contributed by atoms with van der Waals surface area (Å²) in [5.74, 6) is 0.367. The van der Waals surface area contributed by atoms with Gasteiger partial charge >= 0.3 is 0 Å². The number of benzene rings is 2. The molecule has 0 aliphatic rings. The molecule has 0 saturated heterocycles. The maximum atomic E-state index is 10.2. The van der Waals surface area contributed by atoms with E-state index in [1.807, 2.05) is 29.0 Å². The molecule has 2 aromatic carbocycles. The zero-order valence-corrected chi connectivity index (χ0v) is 12.5. The Kier molecular flexibility index (Phi) is 4.54. The molecule has 0 radical (unpaired) electrons. The largest absolute Gasteiger partial charge is 0.508 e. The normalized spacial score (nSPS) is 10.7. The van der Waals surface area contributed by atoms with Crippen LogP contribution in [-0.4, -0.2) is 14.7 Å². The van der Waals surface area contributed by atoms with E-state index in [1.165, 1.54) is 5.56 Å². The van der Waals surface area contributed by atoms with Gasteiger partial charge in [0.05, 0.1) is 12.0 Å². The Labute approximate surface area is 130 Å². The number of nitrogens with zero attached hydrogens (tertiary/aromatic N) is 2. The molecule has 3 aromatic rings. The van der Waals surface area contributed by atoms with E-state index in [1.54, 1.807) is 18.6 Å². The van der Waals surface area contributed by atoms with Gasteiger partial charge in [0.25, 0.3) is 0 Å². The Balaban J connectivity index is 1.65. The van der Waals surface area contributed by atoms with E-state index in [-0.39, 0.29) is 0 Å². The van der Waals surface area contributed by atoms with Crippen molar-refractivity contribution < 1.29 is 5.11 Å². The van der Waals surface area contributed by atoms with Crippen LogP contribution in [0.3, 0.4) is 0 Å². The monoisotopic (exact) mass is 292 g/mol. The summed E-state index contributed by atoms with van der Waals surface area (Å²) >= 11 is 0. The van der Waals surface area contributed by atoms with Crippen molar-refractivity contribution in [2.24, 2.45) is 0 Å². The first-order chi connectivity index (χ1) is 10.8. The molecular formula is C19H20N2O. The van der Waals surface area contributed by atoms with E-state index in [4.69, 9.17) is 0 Å². The van der Waals surface area contributed by atoms with Crippen LogP contribution < -0.4 is 0 Å². The van der Waals surface area contributed by atoms with E-state index in [2.05, 4.69) is 29.2 Å². The molecule has 0 amide bonds. The molecule has 3 rings (SSSR count). The molecule has 1 aromatic heterocycles. The maximum Gasteiger partial charge on any atom is 0.120 e. The standard InChI is InChI=1S/C19H20N2O/c22-19-12-6-11-18(21-14-13-20-15-21)17(19)10-5-4-9-16-7-2-1-3-8-16/h1-3,6-8,11-15,22H,4-5,9-10H2. The fourth-order valence-electron chi connectivity index (χ4n) is 2.74. The molecule has 1 N–H and O–H groups in total. The molecule has 0 bridgehead atoms. The highest BCUT2D eigenvalue weighted by Crippen LogP contribution is 2.26. The third-order valence-corrected chi connectivity index (χ3v) is 3.89. The predicted octanol–water partition coefficient (Wildman–Crippen LogP) is 4.14. The second kappa shape index (κ2) is 6.94. The molecule has 0 aliphatic carbocycles. The van der Waals surface area contributed by atoms with Crippen molar-refractivity contribution >= 4 is 0 Å². The van der Waals surface area contributed by atoms with Gasteiger partial charge in [0.15, 0.2) is 0 Å². The number of hydrogen-bond acceptors (Lipinski definition) is 2. The number of hydrogen-bond donors (Lipinski definition) is 1. The van der Waals surface area contributed by atoms with Gasteiger partial charge in [-0.1, -0.05) is 36.4 Å². The van der Waals surface area contributed by atoms with Crippen LogP contribution in [0.4, 0.5) is 0 Å². The summed E-state index contributed by atoms with van der Waals surface area (Å²) in [6.45, 7) is 0. The van der Waals surface area contributed by atoms with Gasteiger partial charge in [-0.3, -0.25) is 0 Å². The van der Waals surface area contributed by atoms with E-state index < -0.39 is 0 Å². The van der Waals surface area contributed by atoms with Gasteiger partial charge in [0.1, 0.15) is 5.75 Å². The van der Waals surface area contributed by atoms with Crippen LogP contribution in [0.15, 0.2) is 67.3 Å². The molecule has 3 heteroatoms. The number of rotatable bonds is 6. The average molecular weight is 292 g/mol. The van der Waals surface area contributed by atoms with Crippen LogP contribution in [0.2, 0.25) is 0 Å². The zero-order valence-electron chi connectivity index (χ0n) is 12.5. The van der Waals surface area contributed by atoms with Crippen molar-refractivity contribution in [3.05, 3.63) is 78.4 Å². The van der Waals surface area contributed by atoms with Gasteiger partial charge in [-0.15, -0.1) is 0 Å². The fraction of sp³-hybridized carbons (Fsp3) is 0.211. The number of aryl methyl sites for hydroxylation is 1. The number of phenols is 1. The topological polar surface area (TPSA) is 38.0 Å². The SMILES string of the molecule is Oc1cccc(-n2ccnc2)c1CCCCc1ccccc1. The van der Waals surface area contributed by atoms with Crippen molar-refractivity contribution in [3.8, 4) is 11.4 Å². The molecule has 0 unspecified atom stereocenters. The molecule has 0 fully saturated rings. The average Bonchev–Trinajstić information content (AvgIpc) is 3.08. The van der Waals surface area contributed by atoms with Crippen molar-refractivity contribution in [2.45, 2.75) is 25.7 Å². The lowest BCUT2D eigenvalue weighted by molar-refractivity contribution is 0.466. The number of imidazole rings is 1. The molecule has 0 saturated carbocycles. The lowest BCUT2D eigenvalue weighted by Gasteiger charge is -2.12. The fourth-order valence-corrected chi connectivity index (χ4v) is 2.74. The van der Waals surface area contributed by atoms with Gasteiger partial charge in [-0.25, -0.2) is 4.98 Å². The molecule has 1 heterocycles. The first kappa shape index (κ1) is 14.4. The smallest absolute Gasteiger partial charge is 0.120 e. The minimum atomic E-state index is 0.367. The Morgan fingerprint density at radius 2 is 1.73 bits per heavy atom. The number of unbranched alkanes of at least 4 members (excludes halogenated alkanes) is 1. The summed E-state index contributed by atoms with van der Waals surface area (Å²) in [5, 5.41) is 10.2.